The van der Waals surface area contributed by atoms with E-state index in [4.69, 9.17) is 4.74 Å². The Hall–Kier alpha value is -1.07. The van der Waals surface area contributed by atoms with Crippen LogP contribution in [0.5, 0.6) is 0 Å². The first kappa shape index (κ1) is 14.9. The molecule has 2 unspecified atom stereocenters. The van der Waals surface area contributed by atoms with Crippen LogP contribution >= 0.6 is 0 Å². The van der Waals surface area contributed by atoms with Gasteiger partial charge in [-0.15, -0.1) is 0 Å². The molecule has 2 atom stereocenters. The van der Waals surface area contributed by atoms with Crippen molar-refractivity contribution in [2.45, 2.75) is 56.5 Å². The van der Waals surface area contributed by atoms with Gasteiger partial charge in [-0.1, -0.05) is 37.1 Å². The Kier molecular flexibility index (Phi) is 3.74. The van der Waals surface area contributed by atoms with E-state index in [1.807, 2.05) is 12.1 Å². The van der Waals surface area contributed by atoms with Gasteiger partial charge in [0.15, 0.2) is 0 Å². The molecule has 1 heterocycles. The van der Waals surface area contributed by atoms with Gasteiger partial charge >= 0.3 is 6.18 Å². The first-order chi connectivity index (χ1) is 9.88. The Morgan fingerprint density at radius 2 is 1.76 bits per heavy atom. The molecule has 0 amide bonds. The lowest BCUT2D eigenvalue weighted by Gasteiger charge is -2.25. The average Bonchev–Trinajstić information content (AvgIpc) is 3.08. The van der Waals surface area contributed by atoms with Gasteiger partial charge in [-0.2, -0.15) is 13.2 Å². The summed E-state index contributed by atoms with van der Waals surface area (Å²) >= 11 is 0. The number of ether oxygens (including phenoxy) is 1. The zero-order chi connectivity index (χ0) is 15.1. The third-order valence-corrected chi connectivity index (χ3v) is 4.66. The second-order valence-electron chi connectivity index (χ2n) is 6.31. The highest BCUT2D eigenvalue weighted by atomic mass is 19.4. The zero-order valence-corrected chi connectivity index (χ0v) is 12.0. The van der Waals surface area contributed by atoms with E-state index in [2.05, 4.69) is 17.4 Å². The van der Waals surface area contributed by atoms with Crippen LogP contribution in [0.15, 0.2) is 24.3 Å². The van der Waals surface area contributed by atoms with Crippen molar-refractivity contribution in [3.63, 3.8) is 0 Å². The fraction of sp³-hybridized carbons (Fsp3) is 0.625. The first-order valence-electron chi connectivity index (χ1n) is 7.45. The van der Waals surface area contributed by atoms with Crippen LogP contribution < -0.4 is 5.32 Å². The fourth-order valence-electron chi connectivity index (χ4n) is 3.35. The Morgan fingerprint density at radius 1 is 1.14 bits per heavy atom. The summed E-state index contributed by atoms with van der Waals surface area (Å²) in [4.78, 5) is 0. The Bertz CT molecular complexity index is 493. The van der Waals surface area contributed by atoms with Gasteiger partial charge < -0.3 is 4.74 Å². The summed E-state index contributed by atoms with van der Waals surface area (Å²) < 4.78 is 43.0. The zero-order valence-electron chi connectivity index (χ0n) is 12.0. The maximum atomic E-state index is 12.7. The van der Waals surface area contributed by atoms with Gasteiger partial charge in [-0.3, -0.25) is 5.32 Å². The summed E-state index contributed by atoms with van der Waals surface area (Å²) in [6.07, 6.45) is -1.28. The van der Waals surface area contributed by atoms with Crippen LogP contribution in [0.2, 0.25) is 0 Å². The number of nitrogens with one attached hydrogen (secondary N) is 1. The van der Waals surface area contributed by atoms with Gasteiger partial charge in [0.2, 0.25) is 6.23 Å². The minimum Gasteiger partial charge on any atom is -0.352 e. The van der Waals surface area contributed by atoms with Crippen molar-refractivity contribution >= 4 is 0 Å². The lowest BCUT2D eigenvalue weighted by atomic mass is 9.90. The molecule has 1 saturated heterocycles. The van der Waals surface area contributed by atoms with Crippen LogP contribution in [0, 0.1) is 0 Å². The molecular formula is C16H20F3NO. The molecule has 116 valence electrons. The highest BCUT2D eigenvalue weighted by Gasteiger charge is 2.50. The molecule has 1 aromatic rings. The summed E-state index contributed by atoms with van der Waals surface area (Å²) in [5.74, 6) is 0.613. The monoisotopic (exact) mass is 299 g/mol. The number of benzene rings is 1. The van der Waals surface area contributed by atoms with E-state index >= 15 is 0 Å². The van der Waals surface area contributed by atoms with Crippen LogP contribution in [0.3, 0.4) is 0 Å². The number of hydrogen-bond donors (Lipinski definition) is 1. The maximum Gasteiger partial charge on any atom is 0.428 e. The molecule has 5 heteroatoms. The Balaban J connectivity index is 1.74. The topological polar surface area (TPSA) is 21.3 Å². The largest absolute Gasteiger partial charge is 0.428 e. The Labute approximate surface area is 122 Å². The van der Waals surface area contributed by atoms with Gasteiger partial charge in [0.05, 0.1) is 12.1 Å². The van der Waals surface area contributed by atoms with E-state index in [9.17, 15) is 13.2 Å². The summed E-state index contributed by atoms with van der Waals surface area (Å²) in [6, 6.07) is 7.98. The molecule has 3 rings (SSSR count). The van der Waals surface area contributed by atoms with Crippen molar-refractivity contribution in [3.8, 4) is 0 Å². The molecular weight excluding hydrogens is 279 g/mol. The minimum absolute atomic E-state index is 0.0277. The molecule has 0 spiro atoms. The molecule has 0 radical (unpaired) electrons. The lowest BCUT2D eigenvalue weighted by Crippen LogP contribution is -2.45. The number of hydrogen-bond acceptors (Lipinski definition) is 2. The van der Waals surface area contributed by atoms with E-state index in [-0.39, 0.29) is 6.61 Å². The molecule has 1 N–H and O–H groups in total. The number of halogens is 3. The first-order valence-corrected chi connectivity index (χ1v) is 7.45. The Morgan fingerprint density at radius 3 is 2.29 bits per heavy atom. The second-order valence-corrected chi connectivity index (χ2v) is 6.31. The van der Waals surface area contributed by atoms with Crippen LogP contribution in [0.25, 0.3) is 0 Å². The van der Waals surface area contributed by atoms with E-state index in [1.165, 1.54) is 31.2 Å². The van der Waals surface area contributed by atoms with Crippen molar-refractivity contribution < 1.29 is 17.9 Å². The lowest BCUT2D eigenvalue weighted by molar-refractivity contribution is -0.212. The highest BCUT2D eigenvalue weighted by Crippen LogP contribution is 2.37. The molecule has 1 aliphatic carbocycles. The summed E-state index contributed by atoms with van der Waals surface area (Å²) in [5, 5.41) is 2.57. The molecule has 1 aromatic carbocycles. The maximum absolute atomic E-state index is 12.7. The van der Waals surface area contributed by atoms with Crippen molar-refractivity contribution in [1.82, 2.24) is 5.32 Å². The predicted octanol–water partition coefficient (Wildman–Crippen LogP) is 4.07. The van der Waals surface area contributed by atoms with Gasteiger partial charge in [-0.05, 0) is 36.8 Å². The molecule has 1 aliphatic heterocycles. The molecule has 2 fully saturated rings. The highest BCUT2D eigenvalue weighted by molar-refractivity contribution is 5.31. The van der Waals surface area contributed by atoms with Crippen LogP contribution in [0.1, 0.15) is 49.7 Å². The van der Waals surface area contributed by atoms with Gasteiger partial charge in [0, 0.05) is 0 Å². The van der Waals surface area contributed by atoms with Gasteiger partial charge in [0.25, 0.3) is 0 Å². The third kappa shape index (κ3) is 2.94. The average molecular weight is 299 g/mol. The fourth-order valence-corrected chi connectivity index (χ4v) is 3.35. The van der Waals surface area contributed by atoms with Crippen LogP contribution in [-0.2, 0) is 10.3 Å². The van der Waals surface area contributed by atoms with E-state index in [0.29, 0.717) is 5.92 Å². The van der Waals surface area contributed by atoms with E-state index < -0.39 is 17.9 Å². The van der Waals surface area contributed by atoms with Crippen molar-refractivity contribution in [1.29, 1.82) is 0 Å². The van der Waals surface area contributed by atoms with Crippen LogP contribution in [-0.4, -0.2) is 19.0 Å². The van der Waals surface area contributed by atoms with E-state index in [0.717, 1.165) is 5.56 Å². The third-order valence-electron chi connectivity index (χ3n) is 4.66. The molecule has 21 heavy (non-hydrogen) atoms. The van der Waals surface area contributed by atoms with Crippen LogP contribution in [0.4, 0.5) is 13.2 Å². The smallest absolute Gasteiger partial charge is 0.352 e. The van der Waals surface area contributed by atoms with Gasteiger partial charge in [0.1, 0.15) is 0 Å². The minimum atomic E-state index is -4.37. The van der Waals surface area contributed by atoms with Crippen molar-refractivity contribution in [3.05, 3.63) is 35.4 Å². The molecule has 0 bridgehead atoms. The quantitative estimate of drug-likeness (QED) is 0.889. The number of alkyl halides is 3. The molecule has 0 aromatic heterocycles. The van der Waals surface area contributed by atoms with Gasteiger partial charge in [-0.25, -0.2) is 0 Å². The second kappa shape index (κ2) is 5.29. The van der Waals surface area contributed by atoms with Crippen molar-refractivity contribution in [2.24, 2.45) is 0 Å². The predicted molar refractivity (Wildman–Crippen MR) is 73.9 cm³/mol. The molecule has 2 aliphatic rings. The summed E-state index contributed by atoms with van der Waals surface area (Å²) in [5.41, 5.74) is 1.36. The number of rotatable bonds is 2. The normalized spacial score (nSPS) is 31.0. The molecule has 2 nitrogen and oxygen atoms in total. The standard InChI is InChI=1S/C16H20F3NO/c1-15(10-21-14(20-15)16(17,18)19)13-8-6-12(7-9-13)11-4-2-3-5-11/h6-9,11,14,20H,2-5,10H2,1H3. The van der Waals surface area contributed by atoms with E-state index in [1.54, 1.807) is 6.92 Å². The summed E-state index contributed by atoms with van der Waals surface area (Å²) in [6.45, 7) is 1.78. The summed E-state index contributed by atoms with van der Waals surface area (Å²) in [7, 11) is 0. The van der Waals surface area contributed by atoms with Crippen molar-refractivity contribution in [2.75, 3.05) is 6.61 Å². The SMILES string of the molecule is CC1(c2ccc(C3CCCC3)cc2)COC(C(F)(F)F)N1. The molecule has 1 saturated carbocycles.